The summed E-state index contributed by atoms with van der Waals surface area (Å²) in [6, 6.07) is 0. The summed E-state index contributed by atoms with van der Waals surface area (Å²) in [5.41, 5.74) is 0.226. The molecule has 0 bridgehead atoms. The van der Waals surface area contributed by atoms with Gasteiger partial charge in [-0.25, -0.2) is 0 Å². The van der Waals surface area contributed by atoms with Crippen LogP contribution in [0.4, 0.5) is 12.9 Å². The first-order chi connectivity index (χ1) is 6.49. The first-order valence-corrected chi connectivity index (χ1v) is 5.28. The Morgan fingerprint density at radius 2 is 1.71 bits per heavy atom. The van der Waals surface area contributed by atoms with Crippen molar-refractivity contribution >= 4 is 6.98 Å². The van der Waals surface area contributed by atoms with Crippen LogP contribution in [0, 0.1) is 11.3 Å². The van der Waals surface area contributed by atoms with Gasteiger partial charge in [0, 0.05) is 13.2 Å². The minimum Gasteiger partial charge on any atom is -0.449 e. The Morgan fingerprint density at radius 1 is 1.14 bits per heavy atom. The van der Waals surface area contributed by atoms with Gasteiger partial charge in [0.2, 0.25) is 0 Å². The molecule has 1 spiro atoms. The van der Waals surface area contributed by atoms with Gasteiger partial charge in [-0.3, -0.25) is 0 Å². The lowest BCUT2D eigenvalue weighted by molar-refractivity contribution is -0.0553. The Hall–Kier alpha value is -0.185. The molecule has 0 N–H and O–H groups in total. The van der Waals surface area contributed by atoms with E-state index in [0.717, 1.165) is 38.9 Å². The first kappa shape index (κ1) is 10.3. The highest BCUT2D eigenvalue weighted by atomic mass is 19.4. The van der Waals surface area contributed by atoms with Gasteiger partial charge in [-0.1, -0.05) is 12.2 Å². The van der Waals surface area contributed by atoms with Gasteiger partial charge in [-0.15, -0.1) is 0 Å². The summed E-state index contributed by atoms with van der Waals surface area (Å²) in [6.45, 7) is -3.09. The molecule has 1 aliphatic carbocycles. The van der Waals surface area contributed by atoms with Crippen LogP contribution in [-0.2, 0) is 4.74 Å². The van der Waals surface area contributed by atoms with E-state index in [1.807, 2.05) is 0 Å². The van der Waals surface area contributed by atoms with Gasteiger partial charge in [-0.05, 0) is 31.1 Å². The number of hydrogen-bond donors (Lipinski definition) is 0. The Balaban J connectivity index is 1.78. The van der Waals surface area contributed by atoms with Gasteiger partial charge < -0.3 is 17.7 Å². The maximum absolute atomic E-state index is 12.1. The monoisotopic (exact) mass is 207 g/mol. The van der Waals surface area contributed by atoms with E-state index in [1.165, 1.54) is 0 Å². The largest absolute Gasteiger partial charge is 0.478 e. The van der Waals surface area contributed by atoms with Crippen molar-refractivity contribution in [2.24, 2.45) is 11.3 Å². The molecule has 2 aliphatic rings. The number of halogens is 3. The van der Waals surface area contributed by atoms with Crippen LogP contribution in [0.1, 0.15) is 25.7 Å². The van der Waals surface area contributed by atoms with E-state index in [1.54, 1.807) is 0 Å². The van der Waals surface area contributed by atoms with Crippen LogP contribution in [-0.4, -0.2) is 20.2 Å². The Labute approximate surface area is 82.1 Å². The lowest BCUT2D eigenvalue weighted by Gasteiger charge is -2.51. The second-order valence-corrected chi connectivity index (χ2v) is 4.83. The third-order valence-corrected chi connectivity index (χ3v) is 3.60. The van der Waals surface area contributed by atoms with Gasteiger partial charge in [0.25, 0.3) is 0 Å². The second-order valence-electron chi connectivity index (χ2n) is 4.83. The molecule has 1 saturated carbocycles. The molecule has 1 saturated heterocycles. The summed E-state index contributed by atoms with van der Waals surface area (Å²) in [7, 11) is 0. The SMILES string of the molecule is F[B-](F)(F)CC1CC2(CCOCC2)C1. The fourth-order valence-electron chi connectivity index (χ4n) is 2.92. The van der Waals surface area contributed by atoms with E-state index in [2.05, 4.69) is 0 Å². The molecule has 1 nitrogen and oxygen atoms in total. The lowest BCUT2D eigenvalue weighted by Crippen LogP contribution is -2.43. The maximum Gasteiger partial charge on any atom is 0.478 e. The van der Waals surface area contributed by atoms with Crippen molar-refractivity contribution in [3.63, 3.8) is 0 Å². The van der Waals surface area contributed by atoms with Crippen molar-refractivity contribution < 1.29 is 17.7 Å². The summed E-state index contributed by atoms with van der Waals surface area (Å²) < 4.78 is 41.6. The van der Waals surface area contributed by atoms with Crippen LogP contribution < -0.4 is 0 Å². The molecular weight excluding hydrogens is 192 g/mol. The molecule has 0 aromatic rings. The van der Waals surface area contributed by atoms with E-state index >= 15 is 0 Å². The van der Waals surface area contributed by atoms with Gasteiger partial charge in [-0.2, -0.15) is 0 Å². The van der Waals surface area contributed by atoms with E-state index in [9.17, 15) is 12.9 Å². The van der Waals surface area contributed by atoms with Crippen LogP contribution in [0.15, 0.2) is 0 Å². The summed E-state index contributed by atoms with van der Waals surface area (Å²) in [6.07, 6.45) is 2.96. The van der Waals surface area contributed by atoms with E-state index in [0.29, 0.717) is 0 Å². The number of rotatable bonds is 2. The van der Waals surface area contributed by atoms with E-state index in [4.69, 9.17) is 4.74 Å². The summed E-state index contributed by atoms with van der Waals surface area (Å²) >= 11 is 0. The second kappa shape index (κ2) is 3.44. The average Bonchev–Trinajstić information content (AvgIpc) is 2.00. The Morgan fingerprint density at radius 3 is 2.21 bits per heavy atom. The van der Waals surface area contributed by atoms with Gasteiger partial charge in [0.1, 0.15) is 0 Å². The number of hydrogen-bond acceptors (Lipinski definition) is 1. The van der Waals surface area contributed by atoms with Crippen LogP contribution in [0.2, 0.25) is 6.32 Å². The molecule has 1 aliphatic heterocycles. The predicted octanol–water partition coefficient (Wildman–Crippen LogP) is 3.04. The molecule has 5 heteroatoms. The molecule has 0 aromatic heterocycles. The van der Waals surface area contributed by atoms with Crippen molar-refractivity contribution in [2.45, 2.75) is 32.0 Å². The molecule has 0 unspecified atom stereocenters. The highest BCUT2D eigenvalue weighted by Crippen LogP contribution is 2.54. The van der Waals surface area contributed by atoms with Gasteiger partial charge >= 0.3 is 6.98 Å². The first-order valence-electron chi connectivity index (χ1n) is 5.28. The summed E-state index contributed by atoms with van der Waals surface area (Å²) in [4.78, 5) is 0. The molecule has 14 heavy (non-hydrogen) atoms. The zero-order valence-electron chi connectivity index (χ0n) is 8.15. The third-order valence-electron chi connectivity index (χ3n) is 3.60. The van der Waals surface area contributed by atoms with Gasteiger partial charge in [0.15, 0.2) is 0 Å². The van der Waals surface area contributed by atoms with Crippen molar-refractivity contribution in [3.05, 3.63) is 0 Å². The highest BCUT2D eigenvalue weighted by Gasteiger charge is 2.46. The molecule has 82 valence electrons. The molecular formula is C9H15BF3O-. The van der Waals surface area contributed by atoms with E-state index < -0.39 is 13.3 Å². The minimum absolute atomic E-state index is 0.0897. The van der Waals surface area contributed by atoms with E-state index in [-0.39, 0.29) is 11.3 Å². The molecule has 0 atom stereocenters. The van der Waals surface area contributed by atoms with Crippen LogP contribution >= 0.6 is 0 Å². The zero-order chi connectivity index (χ0) is 10.2. The number of ether oxygens (including phenoxy) is 1. The van der Waals surface area contributed by atoms with Crippen molar-refractivity contribution in [2.75, 3.05) is 13.2 Å². The molecule has 0 radical (unpaired) electrons. The van der Waals surface area contributed by atoms with Crippen LogP contribution in [0.5, 0.6) is 0 Å². The summed E-state index contributed by atoms with van der Waals surface area (Å²) in [5, 5.41) is 0. The highest BCUT2D eigenvalue weighted by molar-refractivity contribution is 6.58. The fraction of sp³-hybridized carbons (Fsp3) is 1.00. The predicted molar refractivity (Wildman–Crippen MR) is 49.1 cm³/mol. The van der Waals surface area contributed by atoms with Crippen LogP contribution in [0.25, 0.3) is 0 Å². The molecule has 0 aromatic carbocycles. The van der Waals surface area contributed by atoms with Crippen LogP contribution in [0.3, 0.4) is 0 Å². The lowest BCUT2D eigenvalue weighted by atomic mass is 9.54. The maximum atomic E-state index is 12.1. The smallest absolute Gasteiger partial charge is 0.449 e. The summed E-state index contributed by atoms with van der Waals surface area (Å²) in [5.74, 6) is -0.0897. The molecule has 2 rings (SSSR count). The Kier molecular flexibility index (Phi) is 2.54. The van der Waals surface area contributed by atoms with Crippen molar-refractivity contribution in [1.82, 2.24) is 0 Å². The normalized spacial score (nSPS) is 27.6. The van der Waals surface area contributed by atoms with Crippen molar-refractivity contribution in [3.8, 4) is 0 Å². The molecule has 2 fully saturated rings. The zero-order valence-corrected chi connectivity index (χ0v) is 8.15. The third kappa shape index (κ3) is 2.24. The fourth-order valence-corrected chi connectivity index (χ4v) is 2.92. The van der Waals surface area contributed by atoms with Crippen molar-refractivity contribution in [1.29, 1.82) is 0 Å². The topological polar surface area (TPSA) is 9.23 Å². The van der Waals surface area contributed by atoms with Gasteiger partial charge in [0.05, 0.1) is 0 Å². The quantitative estimate of drug-likeness (QED) is 0.632. The Bertz CT molecular complexity index is 203. The molecule has 1 heterocycles. The molecule has 0 amide bonds. The average molecular weight is 207 g/mol. The minimum atomic E-state index is -4.57. The standard InChI is InChI=1S/C9H15BF3O/c11-10(12,13)7-8-5-9(6-8)1-3-14-4-2-9/h8H,1-7H2/q-1.